The second-order valence-corrected chi connectivity index (χ2v) is 12.4. The highest BCUT2D eigenvalue weighted by atomic mass is 16.7. The van der Waals surface area contributed by atoms with E-state index in [-0.39, 0.29) is 32.0 Å². The average molecular weight is 721 g/mol. The summed E-state index contributed by atoms with van der Waals surface area (Å²) in [7, 11) is 1.43. The Labute approximate surface area is 302 Å². The molecule has 3 heterocycles. The van der Waals surface area contributed by atoms with Gasteiger partial charge in [0.05, 0.1) is 31.6 Å². The van der Waals surface area contributed by atoms with Gasteiger partial charge in [-0.2, -0.15) is 0 Å². The SMILES string of the molecule is CCC(CO)OC(COC(=O)CCCC(=O)NCCCCNC(=O)Oc1cccc(-c2cc(N3CCOCC3)c3oc4ncccc4c3c2)c1)OC. The van der Waals surface area contributed by atoms with Crippen LogP contribution in [0.1, 0.15) is 45.4 Å². The van der Waals surface area contributed by atoms with Crippen LogP contribution >= 0.6 is 0 Å². The Morgan fingerprint density at radius 2 is 1.77 bits per heavy atom. The van der Waals surface area contributed by atoms with Gasteiger partial charge in [0.1, 0.15) is 12.4 Å². The first-order chi connectivity index (χ1) is 25.4. The molecule has 5 rings (SSSR count). The standard InChI is InChI=1S/C38H48N4O10/c1-3-28(24-43)50-35(47-2)25-49-34(45)13-7-12-33(44)39-14-4-5-15-41-38(46)51-29-10-6-9-26(21-29)27-22-31-30-11-8-16-40-37(30)52-36(31)32(23-27)42-17-19-48-20-18-42/h6,8-11,16,21-23,28,35,43H,3-5,7,12-15,17-20,24-25H2,1-2H3,(H,39,44)(H,41,46). The van der Waals surface area contributed by atoms with E-state index in [1.165, 1.54) is 7.11 Å². The predicted molar refractivity (Wildman–Crippen MR) is 194 cm³/mol. The number of aliphatic hydroxyl groups excluding tert-OH is 1. The number of fused-ring (bicyclic) bond motifs is 3. The zero-order chi connectivity index (χ0) is 36.7. The van der Waals surface area contributed by atoms with Crippen LogP contribution in [0.2, 0.25) is 0 Å². The lowest BCUT2D eigenvalue weighted by Crippen LogP contribution is -2.36. The minimum absolute atomic E-state index is 0.0833. The minimum atomic E-state index is -0.768. The molecule has 52 heavy (non-hydrogen) atoms. The lowest BCUT2D eigenvalue weighted by Gasteiger charge is -2.29. The van der Waals surface area contributed by atoms with Gasteiger partial charge in [-0.15, -0.1) is 0 Å². The van der Waals surface area contributed by atoms with Gasteiger partial charge in [-0.05, 0) is 73.2 Å². The van der Waals surface area contributed by atoms with Gasteiger partial charge >= 0.3 is 12.1 Å². The van der Waals surface area contributed by atoms with Crippen LogP contribution < -0.4 is 20.3 Å². The van der Waals surface area contributed by atoms with Crippen LogP contribution in [0.3, 0.4) is 0 Å². The fraction of sp³-hybridized carbons (Fsp3) is 0.474. The molecular weight excluding hydrogens is 672 g/mol. The second kappa shape index (κ2) is 19.7. The van der Waals surface area contributed by atoms with Gasteiger partial charge in [-0.1, -0.05) is 19.1 Å². The Hall–Kier alpha value is -4.76. The fourth-order valence-electron chi connectivity index (χ4n) is 5.81. The number of unbranched alkanes of at least 4 members (excludes halogenated alkanes) is 1. The van der Waals surface area contributed by atoms with Crippen molar-refractivity contribution >= 4 is 45.7 Å². The van der Waals surface area contributed by atoms with Gasteiger partial charge in [-0.25, -0.2) is 9.78 Å². The van der Waals surface area contributed by atoms with E-state index in [4.69, 9.17) is 28.1 Å². The van der Waals surface area contributed by atoms with Gasteiger partial charge in [0, 0.05) is 63.1 Å². The van der Waals surface area contributed by atoms with E-state index in [0.717, 1.165) is 46.3 Å². The molecule has 1 aliphatic rings. The lowest BCUT2D eigenvalue weighted by atomic mass is 10.0. The number of nitrogens with one attached hydrogen (secondary N) is 2. The van der Waals surface area contributed by atoms with Crippen molar-refractivity contribution in [2.45, 2.75) is 57.8 Å². The van der Waals surface area contributed by atoms with Crippen molar-refractivity contribution in [1.82, 2.24) is 15.6 Å². The number of rotatable bonds is 19. The molecule has 0 saturated carbocycles. The zero-order valence-corrected chi connectivity index (χ0v) is 29.8. The maximum absolute atomic E-state index is 12.6. The quantitative estimate of drug-likeness (QED) is 0.0678. The number of benzene rings is 2. The summed E-state index contributed by atoms with van der Waals surface area (Å²) in [5, 5.41) is 16.7. The van der Waals surface area contributed by atoms with Crippen molar-refractivity contribution in [3.63, 3.8) is 0 Å². The van der Waals surface area contributed by atoms with Gasteiger partial charge in [0.25, 0.3) is 0 Å². The third-order valence-corrected chi connectivity index (χ3v) is 8.69. The van der Waals surface area contributed by atoms with Crippen molar-refractivity contribution in [3.05, 3.63) is 54.7 Å². The molecule has 4 aromatic rings. The summed E-state index contributed by atoms with van der Waals surface area (Å²) in [6, 6.07) is 15.5. The summed E-state index contributed by atoms with van der Waals surface area (Å²) in [6.07, 6.45) is 2.48. The number of carbonyl (C=O) groups is 3. The summed E-state index contributed by atoms with van der Waals surface area (Å²) < 4.78 is 33.2. The van der Waals surface area contributed by atoms with Crippen LogP contribution in [0.25, 0.3) is 33.2 Å². The molecule has 14 nitrogen and oxygen atoms in total. The number of ether oxygens (including phenoxy) is 5. The van der Waals surface area contributed by atoms with Crippen molar-refractivity contribution < 1.29 is 47.6 Å². The number of esters is 1. The van der Waals surface area contributed by atoms with Crippen LogP contribution in [-0.4, -0.2) is 100 Å². The average Bonchev–Trinajstić information content (AvgIpc) is 3.55. The van der Waals surface area contributed by atoms with Crippen LogP contribution in [-0.2, 0) is 28.5 Å². The van der Waals surface area contributed by atoms with Gasteiger partial charge in [-0.3, -0.25) is 9.59 Å². The molecule has 2 aromatic heterocycles. The predicted octanol–water partition coefficient (Wildman–Crippen LogP) is 4.94. The Morgan fingerprint density at radius 1 is 0.962 bits per heavy atom. The molecule has 1 fully saturated rings. The lowest BCUT2D eigenvalue weighted by molar-refractivity contribution is -0.194. The first-order valence-electron chi connectivity index (χ1n) is 17.8. The summed E-state index contributed by atoms with van der Waals surface area (Å²) in [5.41, 5.74) is 4.19. The molecule has 1 aliphatic heterocycles. The first kappa shape index (κ1) is 38.5. The number of pyridine rings is 1. The summed E-state index contributed by atoms with van der Waals surface area (Å²) in [5.74, 6) is -0.211. The Morgan fingerprint density at radius 3 is 2.54 bits per heavy atom. The Bertz CT molecular complexity index is 1770. The molecule has 2 amide bonds. The van der Waals surface area contributed by atoms with E-state index in [2.05, 4.69) is 32.7 Å². The molecule has 2 aromatic carbocycles. The maximum Gasteiger partial charge on any atom is 0.412 e. The first-order valence-corrected chi connectivity index (χ1v) is 17.8. The number of hydrogen-bond donors (Lipinski definition) is 3. The molecule has 2 unspecified atom stereocenters. The number of carbonyl (C=O) groups excluding carboxylic acids is 3. The van der Waals surface area contributed by atoms with Crippen molar-refractivity contribution in [1.29, 1.82) is 0 Å². The fourth-order valence-corrected chi connectivity index (χ4v) is 5.81. The highest BCUT2D eigenvalue weighted by molar-refractivity contribution is 6.09. The number of anilines is 1. The summed E-state index contributed by atoms with van der Waals surface area (Å²) in [6.45, 7) is 5.21. The van der Waals surface area contributed by atoms with E-state index in [1.807, 2.05) is 37.3 Å². The van der Waals surface area contributed by atoms with Crippen LogP contribution in [0.15, 0.2) is 59.1 Å². The number of aliphatic hydroxyl groups is 1. The van der Waals surface area contributed by atoms with E-state index >= 15 is 0 Å². The summed E-state index contributed by atoms with van der Waals surface area (Å²) >= 11 is 0. The number of aromatic nitrogens is 1. The van der Waals surface area contributed by atoms with Gasteiger partial charge in [0.15, 0.2) is 11.9 Å². The smallest absolute Gasteiger partial charge is 0.412 e. The number of furan rings is 1. The topological polar surface area (TPSA) is 171 Å². The van der Waals surface area contributed by atoms with Crippen molar-refractivity contribution in [2.24, 2.45) is 0 Å². The molecule has 1 saturated heterocycles. The second-order valence-electron chi connectivity index (χ2n) is 12.4. The van der Waals surface area contributed by atoms with Crippen LogP contribution in [0.4, 0.5) is 10.5 Å². The minimum Gasteiger partial charge on any atom is -0.460 e. The zero-order valence-electron chi connectivity index (χ0n) is 29.8. The normalized spacial score (nSPS) is 14.2. The monoisotopic (exact) mass is 720 g/mol. The van der Waals surface area contributed by atoms with Gasteiger partial charge < -0.3 is 48.7 Å². The largest absolute Gasteiger partial charge is 0.460 e. The number of morpholine rings is 1. The van der Waals surface area contributed by atoms with Crippen molar-refractivity contribution in [2.75, 3.05) is 64.6 Å². The molecule has 0 aliphatic carbocycles. The molecular formula is C38H48N4O10. The third kappa shape index (κ3) is 10.9. The van der Waals surface area contributed by atoms with E-state index in [0.29, 0.717) is 63.4 Å². The van der Waals surface area contributed by atoms with Crippen LogP contribution in [0, 0.1) is 0 Å². The molecule has 0 bridgehead atoms. The van der Waals surface area contributed by atoms with Crippen LogP contribution in [0.5, 0.6) is 5.75 Å². The highest BCUT2D eigenvalue weighted by Gasteiger charge is 2.21. The summed E-state index contributed by atoms with van der Waals surface area (Å²) in [4.78, 5) is 43.5. The number of nitrogens with zero attached hydrogens (tertiary/aromatic N) is 2. The number of amides is 2. The van der Waals surface area contributed by atoms with Crippen molar-refractivity contribution in [3.8, 4) is 16.9 Å². The third-order valence-electron chi connectivity index (χ3n) is 8.69. The number of methoxy groups -OCH3 is 1. The highest BCUT2D eigenvalue weighted by Crippen LogP contribution is 2.39. The Balaban J connectivity index is 1.02. The van der Waals surface area contributed by atoms with E-state index in [1.54, 1.807) is 12.3 Å². The maximum atomic E-state index is 12.6. The molecule has 280 valence electrons. The van der Waals surface area contributed by atoms with Gasteiger partial charge in [0.2, 0.25) is 11.6 Å². The van der Waals surface area contributed by atoms with E-state index < -0.39 is 24.5 Å². The molecule has 2 atom stereocenters. The molecule has 14 heteroatoms. The Kier molecular flexibility index (Phi) is 14.6. The number of hydrogen-bond acceptors (Lipinski definition) is 12. The molecule has 0 spiro atoms. The molecule has 0 radical (unpaired) electrons. The molecule has 3 N–H and O–H groups in total. The van der Waals surface area contributed by atoms with E-state index in [9.17, 15) is 19.5 Å².